The molecule has 2 rings (SSSR count). The average Bonchev–Trinajstić information content (AvgIpc) is 3.40. The number of carbonyl (C=O) groups excluding carboxylic acids is 2. The molecule has 0 radical (unpaired) electrons. The van der Waals surface area contributed by atoms with Crippen molar-refractivity contribution in [2.24, 2.45) is 23.7 Å². The lowest BCUT2D eigenvalue weighted by molar-refractivity contribution is -0.138. The van der Waals surface area contributed by atoms with E-state index in [0.717, 1.165) is 50.7 Å². The van der Waals surface area contributed by atoms with Gasteiger partial charge in [0.1, 0.15) is 0 Å². The molecule has 0 spiro atoms. The molecule has 2 aliphatic carbocycles. The van der Waals surface area contributed by atoms with Crippen molar-refractivity contribution in [1.29, 1.82) is 0 Å². The maximum absolute atomic E-state index is 11.6. The Morgan fingerprint density at radius 3 is 1.57 bits per heavy atom. The van der Waals surface area contributed by atoms with Crippen LogP contribution in [0.2, 0.25) is 18.1 Å². The third-order valence-corrected chi connectivity index (χ3v) is 12.9. The van der Waals surface area contributed by atoms with Crippen LogP contribution in [0.25, 0.3) is 0 Å². The summed E-state index contributed by atoms with van der Waals surface area (Å²) in [4.78, 5) is 22.9. The van der Waals surface area contributed by atoms with Gasteiger partial charge >= 0.3 is 11.9 Å². The quantitative estimate of drug-likeness (QED) is 0.186. The lowest BCUT2D eigenvalue weighted by Crippen LogP contribution is -2.42. The Morgan fingerprint density at radius 1 is 0.811 bits per heavy atom. The van der Waals surface area contributed by atoms with Crippen molar-refractivity contribution in [2.45, 2.75) is 105 Å². The summed E-state index contributed by atoms with van der Waals surface area (Å²) in [5, 5.41) is 9.43. The molecule has 0 aromatic rings. The summed E-state index contributed by atoms with van der Waals surface area (Å²) in [7, 11) is -1.69. The van der Waals surface area contributed by atoms with Crippen LogP contribution < -0.4 is 0 Å². The minimum atomic E-state index is -1.69. The predicted molar refractivity (Wildman–Crippen MR) is 153 cm³/mol. The van der Waals surface area contributed by atoms with E-state index in [4.69, 9.17) is 13.9 Å². The Morgan fingerprint density at radius 2 is 1.22 bits per heavy atom. The SMILES string of the molecule is CCOC(=O)C=C1C[C@@H](CC)[C@@H](CO)C1.CCOC(=O)C=C1C[C@@H](CC)[C@@H](CO[Si](C)(C)C(C)(C)C)C1. The Labute approximate surface area is 227 Å². The topological polar surface area (TPSA) is 82.1 Å². The molecule has 1 N–H and O–H groups in total. The van der Waals surface area contributed by atoms with E-state index in [2.05, 4.69) is 47.7 Å². The van der Waals surface area contributed by atoms with Gasteiger partial charge in [-0.1, -0.05) is 58.6 Å². The molecule has 0 saturated heterocycles. The first-order chi connectivity index (χ1) is 17.3. The summed E-state index contributed by atoms with van der Waals surface area (Å²) in [6.45, 7) is 21.3. The molecule has 0 heterocycles. The van der Waals surface area contributed by atoms with Crippen LogP contribution in [0.5, 0.6) is 0 Å². The molecule has 0 amide bonds. The third kappa shape index (κ3) is 11.1. The van der Waals surface area contributed by atoms with Gasteiger partial charge in [0.25, 0.3) is 0 Å². The van der Waals surface area contributed by atoms with Gasteiger partial charge in [0.2, 0.25) is 0 Å². The number of ether oxygens (including phenoxy) is 2. The summed E-state index contributed by atoms with van der Waals surface area (Å²) in [6.07, 6.45) is 9.28. The van der Waals surface area contributed by atoms with E-state index >= 15 is 0 Å². The first-order valence-corrected chi connectivity index (χ1v) is 17.2. The fourth-order valence-electron chi connectivity index (χ4n) is 5.01. The zero-order valence-corrected chi connectivity index (χ0v) is 26.0. The molecule has 0 bridgehead atoms. The molecule has 4 atom stereocenters. The van der Waals surface area contributed by atoms with Gasteiger partial charge < -0.3 is 19.0 Å². The number of rotatable bonds is 10. The highest BCUT2D eigenvalue weighted by molar-refractivity contribution is 6.74. The van der Waals surface area contributed by atoms with Gasteiger partial charge in [-0.2, -0.15) is 0 Å². The maximum atomic E-state index is 11.6. The molecule has 0 aromatic carbocycles. The van der Waals surface area contributed by atoms with Crippen LogP contribution in [-0.2, 0) is 23.5 Å². The predicted octanol–water partition coefficient (Wildman–Crippen LogP) is 6.84. The number of aliphatic hydroxyl groups excluding tert-OH is 1. The van der Waals surface area contributed by atoms with Crippen molar-refractivity contribution in [1.82, 2.24) is 0 Å². The van der Waals surface area contributed by atoms with Crippen LogP contribution in [0.4, 0.5) is 0 Å². The highest BCUT2D eigenvalue weighted by atomic mass is 28.4. The normalized spacial score (nSPS) is 26.2. The van der Waals surface area contributed by atoms with E-state index in [0.29, 0.717) is 36.9 Å². The summed E-state index contributed by atoms with van der Waals surface area (Å²) < 4.78 is 16.3. The van der Waals surface area contributed by atoms with E-state index < -0.39 is 8.32 Å². The van der Waals surface area contributed by atoms with Gasteiger partial charge in [0, 0.05) is 25.4 Å². The average molecular weight is 539 g/mol. The number of hydrogen-bond donors (Lipinski definition) is 1. The van der Waals surface area contributed by atoms with E-state index in [9.17, 15) is 14.7 Å². The summed E-state index contributed by atoms with van der Waals surface area (Å²) in [5.74, 6) is 1.58. The van der Waals surface area contributed by atoms with Crippen molar-refractivity contribution < 1.29 is 28.6 Å². The van der Waals surface area contributed by atoms with Crippen LogP contribution in [0.1, 0.15) is 87.0 Å². The van der Waals surface area contributed by atoms with Crippen LogP contribution in [0, 0.1) is 23.7 Å². The van der Waals surface area contributed by atoms with Crippen LogP contribution in [-0.4, -0.2) is 51.8 Å². The highest BCUT2D eigenvalue weighted by Gasteiger charge is 2.39. The summed E-state index contributed by atoms with van der Waals surface area (Å²) >= 11 is 0. The number of hydrogen-bond acceptors (Lipinski definition) is 6. The van der Waals surface area contributed by atoms with Crippen molar-refractivity contribution >= 4 is 20.3 Å². The molecular weight excluding hydrogens is 484 g/mol. The zero-order chi connectivity index (χ0) is 28.2. The molecule has 214 valence electrons. The molecule has 0 aliphatic heterocycles. The minimum absolute atomic E-state index is 0.196. The second-order valence-corrected chi connectivity index (χ2v) is 16.8. The van der Waals surface area contributed by atoms with Crippen molar-refractivity contribution in [3.63, 3.8) is 0 Å². The molecule has 6 nitrogen and oxygen atoms in total. The molecule has 0 unspecified atom stereocenters. The maximum Gasteiger partial charge on any atom is 0.330 e. The molecule has 2 aliphatic rings. The van der Waals surface area contributed by atoms with Crippen LogP contribution in [0.15, 0.2) is 23.3 Å². The zero-order valence-electron chi connectivity index (χ0n) is 25.0. The minimum Gasteiger partial charge on any atom is -0.463 e. The summed E-state index contributed by atoms with van der Waals surface area (Å²) in [6, 6.07) is 0. The largest absolute Gasteiger partial charge is 0.463 e. The Balaban J connectivity index is 0.000000397. The van der Waals surface area contributed by atoms with Gasteiger partial charge in [0.15, 0.2) is 8.32 Å². The number of carbonyl (C=O) groups is 2. The lowest BCUT2D eigenvalue weighted by atomic mass is 9.95. The number of aliphatic hydroxyl groups is 1. The summed E-state index contributed by atoms with van der Waals surface area (Å²) in [5.41, 5.74) is 2.36. The van der Waals surface area contributed by atoms with Gasteiger partial charge in [-0.05, 0) is 81.3 Å². The van der Waals surface area contributed by atoms with Crippen LogP contribution in [0.3, 0.4) is 0 Å². The molecule has 7 heteroatoms. The second kappa shape index (κ2) is 15.8. The van der Waals surface area contributed by atoms with E-state index in [-0.39, 0.29) is 23.6 Å². The van der Waals surface area contributed by atoms with Gasteiger partial charge in [-0.15, -0.1) is 0 Å². The Bertz CT molecular complexity index is 765. The standard InChI is InChI=1S/C18H34O3Si.C12H20O3/c1-8-15-10-14(12-17(19)20-9-2)11-16(15)13-21-22(6,7)18(3,4)5;1-3-10-5-9(6-11(10)8-13)7-12(14)15-4-2/h12,15-16H,8-11,13H2,1-7H3;7,10-11,13H,3-6,8H2,1-2H3/t15-,16-;10-,11-/m11/s1. The van der Waals surface area contributed by atoms with Crippen molar-refractivity contribution in [3.05, 3.63) is 23.3 Å². The third-order valence-electron chi connectivity index (χ3n) is 8.40. The van der Waals surface area contributed by atoms with Gasteiger partial charge in [-0.3, -0.25) is 0 Å². The smallest absolute Gasteiger partial charge is 0.330 e. The van der Waals surface area contributed by atoms with Crippen LogP contribution >= 0.6 is 0 Å². The number of esters is 2. The van der Waals surface area contributed by atoms with E-state index in [1.807, 2.05) is 6.92 Å². The first kappa shape index (κ1) is 33.6. The monoisotopic (exact) mass is 538 g/mol. The van der Waals surface area contributed by atoms with E-state index in [1.54, 1.807) is 19.1 Å². The Kier molecular flexibility index (Phi) is 14.4. The van der Waals surface area contributed by atoms with Gasteiger partial charge in [-0.25, -0.2) is 9.59 Å². The highest BCUT2D eigenvalue weighted by Crippen LogP contribution is 2.41. The molecular formula is C30H54O6Si. The molecule has 2 fully saturated rings. The molecule has 0 aromatic heterocycles. The van der Waals surface area contributed by atoms with Crippen molar-refractivity contribution in [3.8, 4) is 0 Å². The molecule has 2 saturated carbocycles. The lowest BCUT2D eigenvalue weighted by Gasteiger charge is -2.37. The Hall–Kier alpha value is -1.44. The first-order valence-electron chi connectivity index (χ1n) is 14.3. The molecule has 37 heavy (non-hydrogen) atoms. The van der Waals surface area contributed by atoms with E-state index in [1.165, 1.54) is 5.57 Å². The van der Waals surface area contributed by atoms with Crippen molar-refractivity contribution in [2.75, 3.05) is 26.4 Å². The fraction of sp³-hybridized carbons (Fsp3) is 0.800. The second-order valence-electron chi connectivity index (χ2n) is 12.0. The number of allylic oxidation sites excluding steroid dienone is 2. The van der Waals surface area contributed by atoms with Gasteiger partial charge in [0.05, 0.1) is 13.2 Å². The fourth-order valence-corrected chi connectivity index (χ4v) is 6.08.